The number of benzene rings is 2. The normalized spacial score (nSPS) is 10.4. The number of rotatable bonds is 7. The molecule has 138 valence electrons. The summed E-state index contributed by atoms with van der Waals surface area (Å²) in [5, 5.41) is 2.92. The Labute approximate surface area is 160 Å². The van der Waals surface area contributed by atoms with E-state index in [2.05, 4.69) is 22.4 Å². The Morgan fingerprint density at radius 3 is 2.37 bits per heavy atom. The number of aromatic nitrogens is 2. The van der Waals surface area contributed by atoms with Gasteiger partial charge in [0, 0.05) is 31.9 Å². The summed E-state index contributed by atoms with van der Waals surface area (Å²) in [6.45, 7) is 3.30. The molecular formula is C22H24N4O. The predicted molar refractivity (Wildman–Crippen MR) is 109 cm³/mol. The van der Waals surface area contributed by atoms with E-state index >= 15 is 0 Å². The van der Waals surface area contributed by atoms with Crippen LogP contribution in [0.4, 0.5) is 5.82 Å². The first-order chi connectivity index (χ1) is 13.2. The molecule has 0 bridgehead atoms. The topological polar surface area (TPSA) is 58.1 Å². The van der Waals surface area contributed by atoms with Crippen molar-refractivity contribution in [1.82, 2.24) is 15.3 Å². The molecule has 1 N–H and O–H groups in total. The van der Waals surface area contributed by atoms with E-state index in [0.29, 0.717) is 30.3 Å². The van der Waals surface area contributed by atoms with Gasteiger partial charge in [-0.3, -0.25) is 4.79 Å². The van der Waals surface area contributed by atoms with E-state index in [4.69, 9.17) is 4.98 Å². The van der Waals surface area contributed by atoms with Gasteiger partial charge in [0.2, 0.25) is 0 Å². The molecule has 0 aliphatic heterocycles. The van der Waals surface area contributed by atoms with E-state index in [1.54, 1.807) is 6.20 Å². The molecule has 0 radical (unpaired) electrons. The zero-order valence-corrected chi connectivity index (χ0v) is 15.7. The van der Waals surface area contributed by atoms with Crippen LogP contribution in [0.25, 0.3) is 11.4 Å². The average molecular weight is 360 g/mol. The van der Waals surface area contributed by atoms with Gasteiger partial charge < -0.3 is 10.2 Å². The number of carbonyl (C=O) groups excluding carboxylic acids is 1. The summed E-state index contributed by atoms with van der Waals surface area (Å²) in [6.07, 6.45) is 2.50. The van der Waals surface area contributed by atoms with E-state index in [-0.39, 0.29) is 5.91 Å². The summed E-state index contributed by atoms with van der Waals surface area (Å²) in [7, 11) is 1.95. The Bertz CT molecular complexity index is 881. The second-order valence-electron chi connectivity index (χ2n) is 6.39. The Balaban J connectivity index is 1.96. The summed E-state index contributed by atoms with van der Waals surface area (Å²) < 4.78 is 0. The van der Waals surface area contributed by atoms with Gasteiger partial charge in [-0.05, 0) is 12.0 Å². The van der Waals surface area contributed by atoms with Crippen molar-refractivity contribution in [2.75, 3.05) is 18.5 Å². The molecule has 1 heterocycles. The van der Waals surface area contributed by atoms with Gasteiger partial charge in [0.25, 0.3) is 5.91 Å². The largest absolute Gasteiger partial charge is 0.355 e. The van der Waals surface area contributed by atoms with Gasteiger partial charge in [-0.2, -0.15) is 0 Å². The summed E-state index contributed by atoms with van der Waals surface area (Å²) in [5.41, 5.74) is 2.56. The molecule has 0 aliphatic carbocycles. The highest BCUT2D eigenvalue weighted by molar-refractivity contribution is 5.98. The number of nitrogens with zero attached hydrogens (tertiary/aromatic N) is 3. The van der Waals surface area contributed by atoms with Gasteiger partial charge in [-0.1, -0.05) is 67.6 Å². The quantitative estimate of drug-likeness (QED) is 0.694. The minimum Gasteiger partial charge on any atom is -0.355 e. The summed E-state index contributed by atoms with van der Waals surface area (Å²) in [4.78, 5) is 23.8. The summed E-state index contributed by atoms with van der Waals surface area (Å²) in [6, 6.07) is 19.9. The molecule has 0 spiro atoms. The minimum atomic E-state index is -0.147. The number of carbonyl (C=O) groups is 1. The first kappa shape index (κ1) is 18.6. The molecule has 0 fully saturated rings. The molecule has 0 saturated carbocycles. The van der Waals surface area contributed by atoms with Crippen LogP contribution in [0, 0.1) is 0 Å². The molecule has 1 amide bonds. The van der Waals surface area contributed by atoms with Crippen molar-refractivity contribution in [1.29, 1.82) is 0 Å². The second kappa shape index (κ2) is 8.94. The van der Waals surface area contributed by atoms with Crippen LogP contribution in [0.2, 0.25) is 0 Å². The van der Waals surface area contributed by atoms with Crippen molar-refractivity contribution in [2.24, 2.45) is 0 Å². The summed E-state index contributed by atoms with van der Waals surface area (Å²) in [5.74, 6) is 1.09. The fraction of sp³-hybridized carbons (Fsp3) is 0.227. The first-order valence-electron chi connectivity index (χ1n) is 9.14. The third kappa shape index (κ3) is 4.70. The van der Waals surface area contributed by atoms with Gasteiger partial charge in [0.05, 0.1) is 0 Å². The van der Waals surface area contributed by atoms with Gasteiger partial charge in [0.15, 0.2) is 5.82 Å². The highest BCUT2D eigenvalue weighted by atomic mass is 16.1. The van der Waals surface area contributed by atoms with Crippen LogP contribution in [0.5, 0.6) is 0 Å². The van der Waals surface area contributed by atoms with E-state index in [9.17, 15) is 4.79 Å². The fourth-order valence-electron chi connectivity index (χ4n) is 2.82. The first-order valence-corrected chi connectivity index (χ1v) is 9.14. The molecule has 3 rings (SSSR count). The highest BCUT2D eigenvalue weighted by Crippen LogP contribution is 2.23. The van der Waals surface area contributed by atoms with Crippen LogP contribution in [-0.4, -0.2) is 29.5 Å². The van der Waals surface area contributed by atoms with Gasteiger partial charge in [0.1, 0.15) is 11.4 Å². The lowest BCUT2D eigenvalue weighted by atomic mass is 10.2. The van der Waals surface area contributed by atoms with Crippen molar-refractivity contribution in [3.63, 3.8) is 0 Å². The molecule has 3 aromatic rings. The fourth-order valence-corrected chi connectivity index (χ4v) is 2.82. The second-order valence-corrected chi connectivity index (χ2v) is 6.39. The SMILES string of the molecule is CCCNC(=O)c1cnc(-c2ccccc2)nc1N(C)Cc1ccccc1. The Kier molecular flexibility index (Phi) is 6.15. The molecular weight excluding hydrogens is 336 g/mol. The third-order valence-corrected chi connectivity index (χ3v) is 4.20. The average Bonchev–Trinajstić information content (AvgIpc) is 2.73. The Morgan fingerprint density at radius 2 is 1.70 bits per heavy atom. The number of anilines is 1. The molecule has 1 aromatic heterocycles. The Morgan fingerprint density at radius 1 is 1.04 bits per heavy atom. The van der Waals surface area contributed by atoms with Crippen LogP contribution in [0.15, 0.2) is 66.9 Å². The van der Waals surface area contributed by atoms with Crippen LogP contribution < -0.4 is 10.2 Å². The smallest absolute Gasteiger partial charge is 0.256 e. The molecule has 0 atom stereocenters. The predicted octanol–water partition coefficient (Wildman–Crippen LogP) is 3.92. The van der Waals surface area contributed by atoms with Crippen LogP contribution in [0.1, 0.15) is 29.3 Å². The molecule has 0 unspecified atom stereocenters. The van der Waals surface area contributed by atoms with Crippen molar-refractivity contribution >= 4 is 11.7 Å². The standard InChI is InChI=1S/C22H24N4O/c1-3-14-23-22(27)19-15-24-20(18-12-8-5-9-13-18)25-21(19)26(2)16-17-10-6-4-7-11-17/h4-13,15H,3,14,16H2,1-2H3,(H,23,27). The van der Waals surface area contributed by atoms with Gasteiger partial charge >= 0.3 is 0 Å². The van der Waals surface area contributed by atoms with Gasteiger partial charge in [-0.15, -0.1) is 0 Å². The van der Waals surface area contributed by atoms with Crippen LogP contribution >= 0.6 is 0 Å². The molecule has 27 heavy (non-hydrogen) atoms. The maximum atomic E-state index is 12.6. The van der Waals surface area contributed by atoms with E-state index in [1.165, 1.54) is 0 Å². The lowest BCUT2D eigenvalue weighted by molar-refractivity contribution is 0.0953. The van der Waals surface area contributed by atoms with Crippen molar-refractivity contribution in [2.45, 2.75) is 19.9 Å². The van der Waals surface area contributed by atoms with E-state index < -0.39 is 0 Å². The maximum absolute atomic E-state index is 12.6. The minimum absolute atomic E-state index is 0.147. The molecule has 5 heteroatoms. The summed E-state index contributed by atoms with van der Waals surface area (Å²) >= 11 is 0. The monoisotopic (exact) mass is 360 g/mol. The third-order valence-electron chi connectivity index (χ3n) is 4.20. The maximum Gasteiger partial charge on any atom is 0.256 e. The molecule has 2 aromatic carbocycles. The lowest BCUT2D eigenvalue weighted by Gasteiger charge is -2.21. The van der Waals surface area contributed by atoms with E-state index in [1.807, 2.05) is 67.4 Å². The van der Waals surface area contributed by atoms with Crippen LogP contribution in [0.3, 0.4) is 0 Å². The van der Waals surface area contributed by atoms with Gasteiger partial charge in [-0.25, -0.2) is 9.97 Å². The van der Waals surface area contributed by atoms with Crippen molar-refractivity contribution in [3.05, 3.63) is 78.0 Å². The molecule has 0 aliphatic rings. The molecule has 5 nitrogen and oxygen atoms in total. The number of hydrogen-bond donors (Lipinski definition) is 1. The van der Waals surface area contributed by atoms with Crippen molar-refractivity contribution in [3.8, 4) is 11.4 Å². The molecule has 0 saturated heterocycles. The number of hydrogen-bond acceptors (Lipinski definition) is 4. The number of nitrogens with one attached hydrogen (secondary N) is 1. The zero-order chi connectivity index (χ0) is 19.1. The Hall–Kier alpha value is -3.21. The highest BCUT2D eigenvalue weighted by Gasteiger charge is 2.18. The zero-order valence-electron chi connectivity index (χ0n) is 15.7. The van der Waals surface area contributed by atoms with Crippen molar-refractivity contribution < 1.29 is 4.79 Å². The lowest BCUT2D eigenvalue weighted by Crippen LogP contribution is -2.28. The van der Waals surface area contributed by atoms with Crippen LogP contribution in [-0.2, 0) is 6.54 Å². The van der Waals surface area contributed by atoms with E-state index in [0.717, 1.165) is 17.5 Å². The number of amides is 1.